The highest BCUT2D eigenvalue weighted by molar-refractivity contribution is 6.99. The van der Waals surface area contributed by atoms with E-state index < -0.39 is 0 Å². The molecule has 1 aromatic heterocycles. The molecule has 0 saturated heterocycles. The quantitative estimate of drug-likeness (QED) is 0.427. The molecule has 0 aliphatic carbocycles. The van der Waals surface area contributed by atoms with Crippen LogP contribution in [0.2, 0.25) is 0 Å². The second-order valence-corrected chi connectivity index (χ2v) is 4.40. The summed E-state index contributed by atoms with van der Waals surface area (Å²) < 4.78 is 2.03. The minimum absolute atomic E-state index is 0. The van der Waals surface area contributed by atoms with Gasteiger partial charge in [0.2, 0.25) is 0 Å². The molecule has 0 fully saturated rings. The van der Waals surface area contributed by atoms with Gasteiger partial charge in [-0.2, -0.15) is 0 Å². The number of halogens is 1. The van der Waals surface area contributed by atoms with Gasteiger partial charge in [0, 0.05) is 19.1 Å². The van der Waals surface area contributed by atoms with Crippen LogP contribution in [0.3, 0.4) is 0 Å². The first-order chi connectivity index (χ1) is 7.68. The molecule has 6 heteroatoms. The van der Waals surface area contributed by atoms with Crippen LogP contribution in [0, 0.1) is 17.0 Å². The number of hydrogen-bond donors (Lipinski definition) is 0. The third kappa shape index (κ3) is 3.10. The van der Waals surface area contributed by atoms with Gasteiger partial charge in [-0.1, -0.05) is 12.1 Å². The Balaban J connectivity index is 0.00000144. The van der Waals surface area contributed by atoms with Gasteiger partial charge in [0.25, 0.3) is 5.69 Å². The van der Waals surface area contributed by atoms with E-state index in [2.05, 4.69) is 0 Å². The Morgan fingerprint density at radius 3 is 2.65 bits per heavy atom. The summed E-state index contributed by atoms with van der Waals surface area (Å²) in [5.41, 5.74) is 2.04. The highest BCUT2D eigenvalue weighted by Gasteiger charge is 2.18. The van der Waals surface area contributed by atoms with Crippen LogP contribution in [0.1, 0.15) is 11.3 Å². The lowest BCUT2D eigenvalue weighted by Crippen LogP contribution is -3.00. The first-order valence-corrected chi connectivity index (χ1v) is 5.69. The molecule has 0 spiro atoms. The minimum Gasteiger partial charge on any atom is -1.00 e. The fourth-order valence-electron chi connectivity index (χ4n) is 1.51. The van der Waals surface area contributed by atoms with Crippen LogP contribution >= 0.6 is 11.5 Å². The molecule has 0 atom stereocenters. The number of aryl methyl sites for hydroxylation is 1. The molecular weight excluding hydrogens is 304 g/mol. The molecule has 0 aliphatic rings. The highest BCUT2D eigenvalue weighted by Crippen LogP contribution is 2.17. The van der Waals surface area contributed by atoms with Gasteiger partial charge in [-0.15, -0.1) is 3.96 Å². The zero-order chi connectivity index (χ0) is 11.5. The van der Waals surface area contributed by atoms with Gasteiger partial charge in [-0.25, -0.2) is 0 Å². The number of hydrogen-bond acceptors (Lipinski definition) is 3. The molecule has 0 radical (unpaired) electrons. The van der Waals surface area contributed by atoms with E-state index in [-0.39, 0.29) is 27.6 Å². The van der Waals surface area contributed by atoms with Crippen molar-refractivity contribution in [2.75, 3.05) is 0 Å². The predicted octanol–water partition coefficient (Wildman–Crippen LogP) is -0.695. The lowest BCUT2D eigenvalue weighted by molar-refractivity contribution is -0.626. The van der Waals surface area contributed by atoms with Gasteiger partial charge < -0.3 is 17.0 Å². The smallest absolute Gasteiger partial charge is 0.278 e. The first-order valence-electron chi connectivity index (χ1n) is 4.85. The van der Waals surface area contributed by atoms with Crippen LogP contribution in [0.5, 0.6) is 0 Å². The van der Waals surface area contributed by atoms with Gasteiger partial charge in [-0.05, 0) is 6.07 Å². The van der Waals surface area contributed by atoms with E-state index in [0.29, 0.717) is 6.54 Å². The lowest BCUT2D eigenvalue weighted by Gasteiger charge is -1.97. The summed E-state index contributed by atoms with van der Waals surface area (Å²) in [5.74, 6) is 0. The molecule has 0 amide bonds. The Morgan fingerprint density at radius 2 is 2.06 bits per heavy atom. The fraction of sp³-hybridized carbons (Fsp3) is 0.182. The van der Waals surface area contributed by atoms with Crippen molar-refractivity contribution in [3.63, 3.8) is 0 Å². The van der Waals surface area contributed by atoms with Crippen molar-refractivity contribution in [3.8, 4) is 0 Å². The van der Waals surface area contributed by atoms with Gasteiger partial charge >= 0.3 is 0 Å². The van der Waals surface area contributed by atoms with Crippen LogP contribution in [-0.4, -0.2) is 4.92 Å². The van der Waals surface area contributed by atoms with Crippen LogP contribution in [0.15, 0.2) is 35.7 Å². The Kier molecular flexibility index (Phi) is 4.77. The topological polar surface area (TPSA) is 47.0 Å². The number of rotatable bonds is 3. The zero-order valence-corrected chi connectivity index (χ0v) is 11.6. The van der Waals surface area contributed by atoms with E-state index in [1.54, 1.807) is 29.7 Å². The molecule has 4 nitrogen and oxygen atoms in total. The van der Waals surface area contributed by atoms with Gasteiger partial charge in [0.05, 0.1) is 15.9 Å². The molecular formula is C11H11BrN2O2S. The summed E-state index contributed by atoms with van der Waals surface area (Å²) in [4.78, 5) is 10.5. The van der Waals surface area contributed by atoms with Crippen molar-refractivity contribution in [3.05, 3.63) is 57.1 Å². The fourth-order valence-corrected chi connectivity index (χ4v) is 2.35. The third-order valence-corrected chi connectivity index (χ3v) is 3.32. The van der Waals surface area contributed by atoms with E-state index in [9.17, 15) is 10.1 Å². The Labute approximate surface area is 114 Å². The number of para-hydroxylation sites is 1. The highest BCUT2D eigenvalue weighted by atomic mass is 79.9. The maximum atomic E-state index is 10.8. The maximum absolute atomic E-state index is 10.8. The lowest BCUT2D eigenvalue weighted by atomic mass is 10.2. The average molecular weight is 315 g/mol. The molecule has 90 valence electrons. The number of aromatic nitrogens is 1. The van der Waals surface area contributed by atoms with E-state index >= 15 is 0 Å². The third-order valence-electron chi connectivity index (χ3n) is 2.39. The monoisotopic (exact) mass is 314 g/mol. The Bertz CT molecular complexity index is 528. The van der Waals surface area contributed by atoms with E-state index in [4.69, 9.17) is 0 Å². The zero-order valence-electron chi connectivity index (χ0n) is 9.17. The largest absolute Gasteiger partial charge is 1.00 e. The summed E-state index contributed by atoms with van der Waals surface area (Å²) >= 11 is 1.56. The van der Waals surface area contributed by atoms with E-state index in [0.717, 1.165) is 11.3 Å². The van der Waals surface area contributed by atoms with Crippen LogP contribution in [-0.2, 0) is 6.54 Å². The average Bonchev–Trinajstić information content (AvgIpc) is 2.65. The number of nitro groups is 1. The van der Waals surface area contributed by atoms with Crippen molar-refractivity contribution in [2.24, 2.45) is 0 Å². The number of benzene rings is 1. The summed E-state index contributed by atoms with van der Waals surface area (Å²) in [5, 5.41) is 12.8. The second kappa shape index (κ2) is 5.88. The molecule has 1 aromatic carbocycles. The van der Waals surface area contributed by atoms with Crippen LogP contribution < -0.4 is 20.9 Å². The SMILES string of the molecule is Cc1ccs[n+]1Cc1ccccc1[N+](=O)[O-].[Br-]. The summed E-state index contributed by atoms with van der Waals surface area (Å²) in [6, 6.07) is 8.85. The van der Waals surface area contributed by atoms with Crippen LogP contribution in [0.25, 0.3) is 0 Å². The molecule has 0 saturated carbocycles. The molecule has 0 aliphatic heterocycles. The summed E-state index contributed by atoms with van der Waals surface area (Å²) in [6.45, 7) is 2.55. The van der Waals surface area contributed by atoms with Gasteiger partial charge in [0.1, 0.15) is 11.5 Å². The molecule has 0 bridgehead atoms. The van der Waals surface area contributed by atoms with Crippen molar-refractivity contribution in [1.29, 1.82) is 0 Å². The summed E-state index contributed by atoms with van der Waals surface area (Å²) in [6.07, 6.45) is 0. The number of nitrogens with zero attached hydrogens (tertiary/aromatic N) is 2. The molecule has 0 N–H and O–H groups in total. The minimum atomic E-state index is -0.334. The van der Waals surface area contributed by atoms with Crippen molar-refractivity contribution in [1.82, 2.24) is 0 Å². The normalized spacial score (nSPS) is 9.71. The first kappa shape index (κ1) is 13.8. The Morgan fingerprint density at radius 1 is 1.35 bits per heavy atom. The molecule has 0 unspecified atom stereocenters. The summed E-state index contributed by atoms with van der Waals surface area (Å²) in [7, 11) is 0. The van der Waals surface area contributed by atoms with Crippen molar-refractivity contribution < 1.29 is 25.9 Å². The second-order valence-electron chi connectivity index (χ2n) is 3.47. The molecule has 2 rings (SSSR count). The molecule has 2 aromatic rings. The van der Waals surface area contributed by atoms with Crippen molar-refractivity contribution in [2.45, 2.75) is 13.5 Å². The number of nitro benzene ring substituents is 1. The van der Waals surface area contributed by atoms with E-state index in [1.807, 2.05) is 28.4 Å². The van der Waals surface area contributed by atoms with Gasteiger partial charge in [0.15, 0.2) is 12.2 Å². The van der Waals surface area contributed by atoms with Gasteiger partial charge in [-0.3, -0.25) is 10.1 Å². The van der Waals surface area contributed by atoms with E-state index in [1.165, 1.54) is 0 Å². The maximum Gasteiger partial charge on any atom is 0.278 e. The predicted molar refractivity (Wildman–Crippen MR) is 61.4 cm³/mol. The van der Waals surface area contributed by atoms with Crippen LogP contribution in [0.4, 0.5) is 5.69 Å². The van der Waals surface area contributed by atoms with Crippen molar-refractivity contribution >= 4 is 17.2 Å². The molecule has 1 heterocycles. The molecule has 17 heavy (non-hydrogen) atoms. The Hall–Kier alpha value is -1.27. The standard InChI is InChI=1S/C11H11N2O2S.BrH/c1-9-6-7-16-12(9)8-10-4-2-3-5-11(10)13(14)15;/h2-7H,8H2,1H3;1H/q+1;/p-1.